The quantitative estimate of drug-likeness (QED) is 0.687. The number of hydrogen-bond donors (Lipinski definition) is 1. The molecule has 0 atom stereocenters. The van der Waals surface area contributed by atoms with E-state index in [2.05, 4.69) is 14.8 Å². The van der Waals surface area contributed by atoms with Crippen molar-refractivity contribution in [2.24, 2.45) is 0 Å². The van der Waals surface area contributed by atoms with Gasteiger partial charge in [0.15, 0.2) is 0 Å². The van der Waals surface area contributed by atoms with Crippen LogP contribution in [0.3, 0.4) is 0 Å². The Morgan fingerprint density at radius 2 is 2.00 bits per heavy atom. The SMILES string of the molecule is COc1ccc(S(=O)(=O)NCCn2ccc(-c3ccccn3)n2)c(C)c1. The molecule has 2 aromatic heterocycles. The standard InChI is InChI=1S/C18H20N4O3S/c1-14-13-15(25-2)6-7-18(14)26(23,24)20-10-12-22-11-8-17(21-22)16-5-3-4-9-19-16/h3-9,11,13,20H,10,12H2,1-2H3. The van der Waals surface area contributed by atoms with Gasteiger partial charge in [-0.15, -0.1) is 0 Å². The van der Waals surface area contributed by atoms with E-state index in [1.807, 2.05) is 24.3 Å². The average molecular weight is 372 g/mol. The summed E-state index contributed by atoms with van der Waals surface area (Å²) in [5.74, 6) is 0.625. The summed E-state index contributed by atoms with van der Waals surface area (Å²) in [6, 6.07) is 12.3. The largest absolute Gasteiger partial charge is 0.497 e. The Hall–Kier alpha value is -2.71. The van der Waals surface area contributed by atoms with Gasteiger partial charge in [-0.2, -0.15) is 5.10 Å². The number of benzene rings is 1. The smallest absolute Gasteiger partial charge is 0.240 e. The maximum atomic E-state index is 12.5. The summed E-state index contributed by atoms with van der Waals surface area (Å²) >= 11 is 0. The van der Waals surface area contributed by atoms with Gasteiger partial charge in [-0.05, 0) is 48.9 Å². The molecule has 1 N–H and O–H groups in total. The summed E-state index contributed by atoms with van der Waals surface area (Å²) < 4.78 is 34.4. The molecule has 0 amide bonds. The molecule has 1 aromatic carbocycles. The molecule has 0 aliphatic heterocycles. The molecule has 136 valence electrons. The minimum atomic E-state index is -3.59. The first-order valence-electron chi connectivity index (χ1n) is 8.09. The van der Waals surface area contributed by atoms with Crippen LogP contribution in [0.2, 0.25) is 0 Å². The van der Waals surface area contributed by atoms with E-state index < -0.39 is 10.0 Å². The molecule has 0 fully saturated rings. The molecule has 0 aliphatic carbocycles. The lowest BCUT2D eigenvalue weighted by molar-refractivity contribution is 0.414. The fourth-order valence-corrected chi connectivity index (χ4v) is 3.81. The number of ether oxygens (including phenoxy) is 1. The summed E-state index contributed by atoms with van der Waals surface area (Å²) in [6.07, 6.45) is 3.51. The number of nitrogens with zero attached hydrogens (tertiary/aromatic N) is 3. The summed E-state index contributed by atoms with van der Waals surface area (Å²) in [4.78, 5) is 4.49. The summed E-state index contributed by atoms with van der Waals surface area (Å²) in [7, 11) is -2.04. The minimum absolute atomic E-state index is 0.233. The molecule has 3 rings (SSSR count). The van der Waals surface area contributed by atoms with E-state index >= 15 is 0 Å². The Morgan fingerprint density at radius 1 is 1.15 bits per heavy atom. The van der Waals surface area contributed by atoms with Crippen molar-refractivity contribution in [2.75, 3.05) is 13.7 Å². The van der Waals surface area contributed by atoms with Crippen LogP contribution in [0.25, 0.3) is 11.4 Å². The Balaban J connectivity index is 1.63. The molecule has 7 nitrogen and oxygen atoms in total. The number of hydrogen-bond acceptors (Lipinski definition) is 5. The van der Waals surface area contributed by atoms with Gasteiger partial charge < -0.3 is 4.74 Å². The van der Waals surface area contributed by atoms with Crippen molar-refractivity contribution in [1.82, 2.24) is 19.5 Å². The lowest BCUT2D eigenvalue weighted by Gasteiger charge is -2.10. The van der Waals surface area contributed by atoms with Crippen LogP contribution in [0.4, 0.5) is 0 Å². The van der Waals surface area contributed by atoms with Gasteiger partial charge in [0.2, 0.25) is 10.0 Å². The highest BCUT2D eigenvalue weighted by atomic mass is 32.2. The van der Waals surface area contributed by atoms with Crippen LogP contribution in [0.5, 0.6) is 5.75 Å². The molecule has 0 aliphatic rings. The van der Waals surface area contributed by atoms with Crippen LogP contribution in [-0.4, -0.2) is 36.8 Å². The van der Waals surface area contributed by atoms with Gasteiger partial charge in [0.05, 0.1) is 24.2 Å². The highest BCUT2D eigenvalue weighted by Gasteiger charge is 2.16. The van der Waals surface area contributed by atoms with Gasteiger partial charge >= 0.3 is 0 Å². The highest BCUT2D eigenvalue weighted by Crippen LogP contribution is 2.20. The van der Waals surface area contributed by atoms with Crippen molar-refractivity contribution in [1.29, 1.82) is 0 Å². The molecule has 0 saturated carbocycles. The number of pyridine rings is 1. The van der Waals surface area contributed by atoms with Gasteiger partial charge in [-0.3, -0.25) is 9.67 Å². The van der Waals surface area contributed by atoms with E-state index in [0.717, 1.165) is 11.4 Å². The third kappa shape index (κ3) is 4.09. The Labute approximate surface area is 152 Å². The zero-order valence-corrected chi connectivity index (χ0v) is 15.4. The van der Waals surface area contributed by atoms with Gasteiger partial charge in [0.25, 0.3) is 0 Å². The Bertz CT molecular complexity index is 985. The summed E-state index contributed by atoms with van der Waals surface area (Å²) in [5.41, 5.74) is 2.16. The molecular weight excluding hydrogens is 352 g/mol. The van der Waals surface area contributed by atoms with Crippen LogP contribution < -0.4 is 9.46 Å². The van der Waals surface area contributed by atoms with Crippen LogP contribution in [-0.2, 0) is 16.6 Å². The van der Waals surface area contributed by atoms with Gasteiger partial charge in [-0.25, -0.2) is 13.1 Å². The topological polar surface area (TPSA) is 86.1 Å². The number of rotatable bonds is 7. The van der Waals surface area contributed by atoms with Crippen LogP contribution in [0.1, 0.15) is 5.56 Å². The van der Waals surface area contributed by atoms with Crippen LogP contribution >= 0.6 is 0 Å². The van der Waals surface area contributed by atoms with Crippen molar-refractivity contribution < 1.29 is 13.2 Å². The fourth-order valence-electron chi connectivity index (χ4n) is 2.56. The van der Waals surface area contributed by atoms with Crippen molar-refractivity contribution in [2.45, 2.75) is 18.4 Å². The molecule has 0 bridgehead atoms. The predicted octanol–water partition coefficient (Wildman–Crippen LogP) is 2.24. The number of methoxy groups -OCH3 is 1. The average Bonchev–Trinajstić information content (AvgIpc) is 3.11. The van der Waals surface area contributed by atoms with E-state index in [4.69, 9.17) is 4.74 Å². The zero-order chi connectivity index (χ0) is 18.6. The molecule has 0 saturated heterocycles. The summed E-state index contributed by atoms with van der Waals surface area (Å²) in [6.45, 7) is 2.39. The number of aromatic nitrogens is 3. The van der Waals surface area contributed by atoms with E-state index in [1.54, 1.807) is 49.3 Å². The monoisotopic (exact) mass is 372 g/mol. The third-order valence-corrected chi connectivity index (χ3v) is 5.49. The number of aryl methyl sites for hydroxylation is 1. The first kappa shape index (κ1) is 18.1. The van der Waals surface area contributed by atoms with Gasteiger partial charge in [0, 0.05) is 18.9 Å². The first-order chi connectivity index (χ1) is 12.5. The lowest BCUT2D eigenvalue weighted by Crippen LogP contribution is -2.28. The van der Waals surface area contributed by atoms with Crippen molar-refractivity contribution in [3.63, 3.8) is 0 Å². The van der Waals surface area contributed by atoms with Gasteiger partial charge in [0.1, 0.15) is 11.4 Å². The highest BCUT2D eigenvalue weighted by molar-refractivity contribution is 7.89. The molecule has 2 heterocycles. The van der Waals surface area contributed by atoms with Crippen LogP contribution in [0, 0.1) is 6.92 Å². The lowest BCUT2D eigenvalue weighted by atomic mass is 10.2. The molecule has 8 heteroatoms. The van der Waals surface area contributed by atoms with Crippen molar-refractivity contribution >= 4 is 10.0 Å². The summed E-state index contributed by atoms with van der Waals surface area (Å²) in [5, 5.41) is 4.42. The normalized spacial score (nSPS) is 11.5. The number of nitrogens with one attached hydrogen (secondary N) is 1. The molecule has 3 aromatic rings. The molecule has 0 radical (unpaired) electrons. The second-order valence-corrected chi connectivity index (χ2v) is 7.44. The van der Waals surface area contributed by atoms with Crippen molar-refractivity contribution in [3.8, 4) is 17.1 Å². The Kier molecular flexibility index (Phi) is 5.34. The maximum Gasteiger partial charge on any atom is 0.240 e. The van der Waals surface area contributed by atoms with E-state index in [1.165, 1.54) is 0 Å². The molecule has 0 spiro atoms. The zero-order valence-electron chi connectivity index (χ0n) is 14.6. The second-order valence-electron chi connectivity index (χ2n) is 5.71. The molecule has 26 heavy (non-hydrogen) atoms. The van der Waals surface area contributed by atoms with Crippen molar-refractivity contribution in [3.05, 3.63) is 60.4 Å². The van der Waals surface area contributed by atoms with E-state index in [0.29, 0.717) is 17.9 Å². The van der Waals surface area contributed by atoms with Gasteiger partial charge in [-0.1, -0.05) is 6.07 Å². The second kappa shape index (κ2) is 7.67. The minimum Gasteiger partial charge on any atom is -0.497 e. The van der Waals surface area contributed by atoms with E-state index in [9.17, 15) is 8.42 Å². The Morgan fingerprint density at radius 3 is 2.69 bits per heavy atom. The maximum absolute atomic E-state index is 12.5. The molecular formula is C18H20N4O3S. The third-order valence-electron chi connectivity index (χ3n) is 3.87. The first-order valence-corrected chi connectivity index (χ1v) is 9.57. The predicted molar refractivity (Wildman–Crippen MR) is 98.4 cm³/mol. The van der Waals surface area contributed by atoms with Crippen LogP contribution in [0.15, 0.2) is 59.8 Å². The van der Waals surface area contributed by atoms with E-state index in [-0.39, 0.29) is 11.4 Å². The molecule has 0 unspecified atom stereocenters. The fraction of sp³-hybridized carbons (Fsp3) is 0.222. The number of sulfonamides is 1.